The van der Waals surface area contributed by atoms with Crippen molar-refractivity contribution in [2.75, 3.05) is 0 Å². The van der Waals surface area contributed by atoms with Crippen molar-refractivity contribution >= 4 is 21.5 Å². The first-order chi connectivity index (χ1) is 16.5. The molecule has 0 bridgehead atoms. The van der Waals surface area contributed by atoms with Crippen LogP contribution in [0, 0.1) is 6.42 Å². The molecule has 0 aromatic heterocycles. The molecule has 0 N–H and O–H groups in total. The van der Waals surface area contributed by atoms with Gasteiger partial charge in [-0.3, -0.25) is 0 Å². The molecule has 0 radical (unpaired) electrons. The Morgan fingerprint density at radius 2 is 1.05 bits per heavy atom. The molecule has 202 valence electrons. The molecule has 0 saturated heterocycles. The summed E-state index contributed by atoms with van der Waals surface area (Å²) in [7, 11) is 0. The minimum atomic E-state index is 0. The SMILES string of the molecule is CC(C)(C)c1ccc2c(c1)[cH-]c1cc(C(C)(C)C)ccc12.C[CH-]C.[Cl-].[Cl-].[Zr+2].c1ccc(-c2ccc[cH-]2)cc1. The van der Waals surface area contributed by atoms with E-state index in [1.807, 2.05) is 26.3 Å². The molecule has 0 aliphatic heterocycles. The van der Waals surface area contributed by atoms with Crippen molar-refractivity contribution in [2.24, 2.45) is 0 Å². The normalized spacial score (nSPS) is 10.6. The van der Waals surface area contributed by atoms with Gasteiger partial charge in [-0.2, -0.15) is 37.6 Å². The molecule has 38 heavy (non-hydrogen) atoms. The standard InChI is InChI=1S/C21H25.C11H9.C3H7.2ClH.Zr/c1-20(2,3)16-7-9-18-14(12-16)11-15-13-17(21(4,5)6)8-10-19(15)18;1-2-6-10(7-3-1)11-8-4-5-9-11;1-3-2;;;/h7-13H,1-6H3;1-9H;3H,1-2H3;2*1H;/q3*-1;;;+2/p-2. The molecule has 0 fully saturated rings. The maximum Gasteiger partial charge on any atom is 2.00 e. The van der Waals surface area contributed by atoms with Crippen molar-refractivity contribution in [1.29, 1.82) is 0 Å². The number of fused-ring (bicyclic) bond motifs is 3. The fourth-order valence-electron chi connectivity index (χ4n) is 4.15. The van der Waals surface area contributed by atoms with Crippen LogP contribution in [0.5, 0.6) is 0 Å². The third kappa shape index (κ3) is 9.52. The third-order valence-corrected chi connectivity index (χ3v) is 6.21. The van der Waals surface area contributed by atoms with Gasteiger partial charge in [-0.1, -0.05) is 107 Å². The molecule has 0 spiro atoms. The summed E-state index contributed by atoms with van der Waals surface area (Å²) in [5.74, 6) is 0. The van der Waals surface area contributed by atoms with Crippen LogP contribution in [-0.2, 0) is 37.0 Å². The van der Waals surface area contributed by atoms with Gasteiger partial charge in [0.2, 0.25) is 0 Å². The van der Waals surface area contributed by atoms with Gasteiger partial charge in [0.25, 0.3) is 0 Å². The second kappa shape index (κ2) is 15.8. The predicted molar refractivity (Wildman–Crippen MR) is 158 cm³/mol. The summed E-state index contributed by atoms with van der Waals surface area (Å²) in [4.78, 5) is 0. The second-order valence-electron chi connectivity index (χ2n) is 11.4. The second-order valence-corrected chi connectivity index (χ2v) is 11.4. The molecule has 0 amide bonds. The molecule has 5 rings (SSSR count). The Morgan fingerprint density at radius 1 is 0.605 bits per heavy atom. The van der Waals surface area contributed by atoms with Crippen LogP contribution in [0.1, 0.15) is 66.5 Å². The van der Waals surface area contributed by atoms with Gasteiger partial charge in [0.1, 0.15) is 0 Å². The topological polar surface area (TPSA) is 0 Å². The number of rotatable bonds is 1. The summed E-state index contributed by atoms with van der Waals surface area (Å²) in [6.45, 7) is 17.6. The van der Waals surface area contributed by atoms with E-state index in [1.54, 1.807) is 0 Å². The Labute approximate surface area is 262 Å². The van der Waals surface area contributed by atoms with Crippen molar-refractivity contribution in [2.45, 2.75) is 66.2 Å². The van der Waals surface area contributed by atoms with Gasteiger partial charge in [0.05, 0.1) is 0 Å². The van der Waals surface area contributed by atoms with E-state index in [1.165, 1.54) is 43.8 Å². The largest absolute Gasteiger partial charge is 2.00 e. The van der Waals surface area contributed by atoms with Crippen LogP contribution in [-0.4, -0.2) is 0 Å². The van der Waals surface area contributed by atoms with Gasteiger partial charge in [-0.15, -0.1) is 51.4 Å². The first kappa shape index (κ1) is 36.3. The molecule has 0 aliphatic carbocycles. The monoisotopic (exact) mass is 621 g/mol. The molecular formula is C35H41Cl2Zr-3. The Morgan fingerprint density at radius 3 is 1.42 bits per heavy atom. The zero-order chi connectivity index (χ0) is 25.6. The number of benzene rings is 3. The predicted octanol–water partition coefficient (Wildman–Crippen LogP) is 4.62. The number of hydrogen-bond acceptors (Lipinski definition) is 0. The van der Waals surface area contributed by atoms with Gasteiger partial charge >= 0.3 is 26.2 Å². The van der Waals surface area contributed by atoms with Crippen LogP contribution >= 0.6 is 0 Å². The summed E-state index contributed by atoms with van der Waals surface area (Å²) in [6, 6.07) is 34.9. The number of halogens is 2. The molecule has 0 saturated carbocycles. The summed E-state index contributed by atoms with van der Waals surface area (Å²) in [5.41, 5.74) is 5.80. The molecule has 0 nitrogen and oxygen atoms in total. The van der Waals surface area contributed by atoms with Crippen LogP contribution < -0.4 is 24.8 Å². The average molecular weight is 624 g/mol. The fourth-order valence-corrected chi connectivity index (χ4v) is 4.15. The van der Waals surface area contributed by atoms with Crippen LogP contribution in [0.15, 0.2) is 97.1 Å². The average Bonchev–Trinajstić information content (AvgIpc) is 3.47. The molecule has 5 aromatic carbocycles. The maximum atomic E-state index is 2.35. The van der Waals surface area contributed by atoms with E-state index in [0.29, 0.717) is 0 Å². The zero-order valence-electron chi connectivity index (χ0n) is 24.1. The van der Waals surface area contributed by atoms with E-state index < -0.39 is 0 Å². The summed E-state index contributed by atoms with van der Waals surface area (Å²) < 4.78 is 0. The van der Waals surface area contributed by atoms with E-state index in [2.05, 4.69) is 133 Å². The van der Waals surface area contributed by atoms with Crippen LogP contribution in [0.2, 0.25) is 0 Å². The van der Waals surface area contributed by atoms with Gasteiger partial charge in [-0.05, 0) is 10.8 Å². The Kier molecular flexibility index (Phi) is 15.1. The quantitative estimate of drug-likeness (QED) is 0.239. The molecule has 3 heteroatoms. The van der Waals surface area contributed by atoms with Crippen molar-refractivity contribution in [3.8, 4) is 11.1 Å². The minimum Gasteiger partial charge on any atom is -1.00 e. The smallest absolute Gasteiger partial charge is 1.00 e. The Hall–Kier alpha value is -1.66. The fraction of sp³-hybridized carbons (Fsp3) is 0.286. The van der Waals surface area contributed by atoms with E-state index in [0.717, 1.165) is 0 Å². The molecule has 0 heterocycles. The summed E-state index contributed by atoms with van der Waals surface area (Å²) in [6.07, 6.45) is 2.00. The van der Waals surface area contributed by atoms with Crippen molar-refractivity contribution in [3.63, 3.8) is 0 Å². The molecular weight excluding hydrogens is 583 g/mol. The first-order valence-corrected chi connectivity index (χ1v) is 12.7. The van der Waals surface area contributed by atoms with Crippen LogP contribution in [0.3, 0.4) is 0 Å². The van der Waals surface area contributed by atoms with Crippen molar-refractivity contribution in [3.05, 3.63) is 115 Å². The molecule has 0 atom stereocenters. The molecule has 0 unspecified atom stereocenters. The maximum absolute atomic E-state index is 2.35. The Balaban J connectivity index is 0.000000686. The van der Waals surface area contributed by atoms with Crippen molar-refractivity contribution < 1.29 is 51.0 Å². The van der Waals surface area contributed by atoms with E-state index in [-0.39, 0.29) is 61.8 Å². The first-order valence-electron chi connectivity index (χ1n) is 12.7. The third-order valence-electron chi connectivity index (χ3n) is 6.21. The zero-order valence-corrected chi connectivity index (χ0v) is 28.0. The van der Waals surface area contributed by atoms with Gasteiger partial charge in [0, 0.05) is 0 Å². The minimum absolute atomic E-state index is 0. The molecule has 0 aliphatic rings. The van der Waals surface area contributed by atoms with E-state index in [4.69, 9.17) is 0 Å². The van der Waals surface area contributed by atoms with Crippen molar-refractivity contribution in [1.82, 2.24) is 0 Å². The summed E-state index contributed by atoms with van der Waals surface area (Å²) >= 11 is 0. The Bertz CT molecular complexity index is 1260. The molecule has 5 aromatic rings. The van der Waals surface area contributed by atoms with Crippen LogP contribution in [0.4, 0.5) is 0 Å². The van der Waals surface area contributed by atoms with Gasteiger partial charge < -0.3 is 31.2 Å². The van der Waals surface area contributed by atoms with E-state index >= 15 is 0 Å². The van der Waals surface area contributed by atoms with Gasteiger partial charge in [0.15, 0.2) is 0 Å². The van der Waals surface area contributed by atoms with E-state index in [9.17, 15) is 0 Å². The number of hydrogen-bond donors (Lipinski definition) is 0. The van der Waals surface area contributed by atoms with Gasteiger partial charge in [-0.25, -0.2) is 0 Å². The summed E-state index contributed by atoms with van der Waals surface area (Å²) in [5, 5.41) is 5.48. The van der Waals surface area contributed by atoms with Crippen LogP contribution in [0.25, 0.3) is 32.7 Å².